The Labute approximate surface area is 362 Å². The Morgan fingerprint density at radius 1 is 0.441 bits per heavy atom. The first-order valence-electron chi connectivity index (χ1n) is 23.0. The highest BCUT2D eigenvalue weighted by Gasteiger charge is 2.43. The van der Waals surface area contributed by atoms with Crippen LogP contribution in [0, 0.1) is 13.8 Å². The van der Waals surface area contributed by atoms with Gasteiger partial charge in [0.05, 0.1) is 11.2 Å². The topological polar surface area (TPSA) is 22.2 Å². The second-order valence-corrected chi connectivity index (χ2v) is 18.6. The number of nitrogens with zero attached hydrogens (tertiary/aromatic N) is 4. The highest BCUT2D eigenvalue weighted by Crippen LogP contribution is 2.47. The van der Waals surface area contributed by atoms with Crippen LogP contribution in [0.1, 0.15) is 152 Å². The molecule has 5 heteroatoms. The monoisotopic (exact) mass is 803 g/mol. The Morgan fingerprint density at radius 2 is 0.729 bits per heavy atom. The fourth-order valence-electron chi connectivity index (χ4n) is 9.13. The van der Waals surface area contributed by atoms with Gasteiger partial charge in [0.25, 0.3) is 0 Å². The number of rotatable bonds is 24. The van der Waals surface area contributed by atoms with Gasteiger partial charge in [0.1, 0.15) is 0 Å². The highest BCUT2D eigenvalue weighted by molar-refractivity contribution is 5.57. The van der Waals surface area contributed by atoms with Gasteiger partial charge in [-0.1, -0.05) is 89.8 Å². The molecule has 0 saturated heterocycles. The predicted octanol–water partition coefficient (Wildman–Crippen LogP) is 13.8. The third kappa shape index (κ3) is 12.5. The van der Waals surface area contributed by atoms with Crippen molar-refractivity contribution in [2.45, 2.75) is 144 Å². The second kappa shape index (κ2) is 22.0. The van der Waals surface area contributed by atoms with Crippen molar-refractivity contribution in [3.8, 4) is 0 Å². The number of hydrogen-bond donors (Lipinski definition) is 0. The van der Waals surface area contributed by atoms with Crippen LogP contribution in [0.2, 0.25) is 0 Å². The average molecular weight is 803 g/mol. The van der Waals surface area contributed by atoms with Crippen LogP contribution in [0.4, 0.5) is 22.7 Å². The van der Waals surface area contributed by atoms with Crippen molar-refractivity contribution in [2.75, 3.05) is 74.0 Å². The number of benzene rings is 4. The van der Waals surface area contributed by atoms with E-state index in [1.165, 1.54) is 107 Å². The van der Waals surface area contributed by atoms with Gasteiger partial charge in [0.15, 0.2) is 0 Å². The standard InChI is InChI=1S/C54H82N4O/c1-15-19-35-57(36-20-16-2)47-31-33-49(41(5)39-47)51(43-23-27-45(28-24-43)55(11)12)53(7,8)59-54(9,10)52(44-25-29-46(30-26-44)56(13)14)50-34-32-48(40-42(50)6)58(37-21-17-3)38-22-18-4/h23-34,39-40,51-52H,15-22,35-38H2,1-14H3. The molecule has 4 rings (SSSR count). The smallest absolute Gasteiger partial charge is 0.0742 e. The van der Waals surface area contributed by atoms with Crippen LogP contribution in [0.15, 0.2) is 84.9 Å². The van der Waals surface area contributed by atoms with Crippen LogP contribution in [-0.2, 0) is 4.74 Å². The Bertz CT molecular complexity index is 1690. The minimum absolute atomic E-state index is 0.00213. The molecule has 0 aromatic heterocycles. The van der Waals surface area contributed by atoms with Gasteiger partial charge in [-0.3, -0.25) is 0 Å². The maximum Gasteiger partial charge on any atom is 0.0742 e. The molecule has 324 valence electrons. The minimum atomic E-state index is -0.577. The van der Waals surface area contributed by atoms with Crippen LogP contribution in [0.5, 0.6) is 0 Å². The lowest BCUT2D eigenvalue weighted by Gasteiger charge is -2.46. The molecule has 5 nitrogen and oxygen atoms in total. The molecule has 0 N–H and O–H groups in total. The Morgan fingerprint density at radius 3 is 0.983 bits per heavy atom. The number of anilines is 4. The summed E-state index contributed by atoms with van der Waals surface area (Å²) in [6.45, 7) is 27.5. The van der Waals surface area contributed by atoms with Gasteiger partial charge < -0.3 is 24.3 Å². The summed E-state index contributed by atoms with van der Waals surface area (Å²) in [6, 6.07) is 32.8. The molecule has 0 fully saturated rings. The lowest BCUT2D eigenvalue weighted by Crippen LogP contribution is -2.45. The van der Waals surface area contributed by atoms with Crippen LogP contribution >= 0.6 is 0 Å². The molecular formula is C54H82N4O. The molecule has 4 aromatic carbocycles. The summed E-state index contributed by atoms with van der Waals surface area (Å²) >= 11 is 0. The number of hydrogen-bond acceptors (Lipinski definition) is 5. The molecular weight excluding hydrogens is 721 g/mol. The van der Waals surface area contributed by atoms with Crippen molar-refractivity contribution in [3.05, 3.63) is 118 Å². The van der Waals surface area contributed by atoms with Crippen molar-refractivity contribution >= 4 is 22.7 Å². The van der Waals surface area contributed by atoms with Crippen LogP contribution in [0.25, 0.3) is 0 Å². The van der Waals surface area contributed by atoms with Gasteiger partial charge in [0.2, 0.25) is 0 Å². The van der Waals surface area contributed by atoms with Crippen molar-refractivity contribution in [1.82, 2.24) is 0 Å². The van der Waals surface area contributed by atoms with Crippen molar-refractivity contribution in [1.29, 1.82) is 0 Å². The van der Waals surface area contributed by atoms with E-state index >= 15 is 0 Å². The van der Waals surface area contributed by atoms with Gasteiger partial charge in [-0.05, 0) is 149 Å². The molecule has 2 unspecified atom stereocenters. The lowest BCUT2D eigenvalue weighted by molar-refractivity contribution is -0.136. The molecule has 0 aliphatic heterocycles. The van der Waals surface area contributed by atoms with Gasteiger partial charge >= 0.3 is 0 Å². The number of unbranched alkanes of at least 4 members (excludes halogenated alkanes) is 4. The molecule has 59 heavy (non-hydrogen) atoms. The second-order valence-electron chi connectivity index (χ2n) is 18.6. The molecule has 0 amide bonds. The van der Waals surface area contributed by atoms with Crippen molar-refractivity contribution < 1.29 is 4.74 Å². The maximum atomic E-state index is 7.76. The molecule has 0 aliphatic rings. The normalized spacial score (nSPS) is 13.0. The van der Waals surface area contributed by atoms with Gasteiger partial charge in [0, 0.05) is 89.0 Å². The molecule has 0 radical (unpaired) electrons. The van der Waals surface area contributed by atoms with Crippen LogP contribution in [0.3, 0.4) is 0 Å². The Kier molecular flexibility index (Phi) is 17.8. The van der Waals surface area contributed by atoms with E-state index in [9.17, 15) is 0 Å². The quantitative estimate of drug-likeness (QED) is 0.0702. The van der Waals surface area contributed by atoms with E-state index in [2.05, 4.69) is 202 Å². The van der Waals surface area contributed by atoms with Gasteiger partial charge in [-0.15, -0.1) is 0 Å². The summed E-state index contributed by atoms with van der Waals surface area (Å²) in [7, 11) is 8.45. The van der Waals surface area contributed by atoms with Crippen molar-refractivity contribution in [2.24, 2.45) is 0 Å². The molecule has 0 spiro atoms. The number of aryl methyl sites for hydroxylation is 2. The molecule has 0 heterocycles. The summed E-state index contributed by atoms with van der Waals surface area (Å²) in [5.41, 5.74) is 11.7. The molecule has 0 aliphatic carbocycles. The van der Waals surface area contributed by atoms with E-state index < -0.39 is 11.2 Å². The Balaban J connectivity index is 1.85. The number of ether oxygens (including phenoxy) is 1. The molecule has 4 aromatic rings. The molecule has 0 saturated carbocycles. The first-order chi connectivity index (χ1) is 28.1. The third-order valence-corrected chi connectivity index (χ3v) is 12.4. The summed E-state index contributed by atoms with van der Waals surface area (Å²) in [4.78, 5) is 9.55. The van der Waals surface area contributed by atoms with Crippen LogP contribution in [-0.4, -0.2) is 65.6 Å². The zero-order valence-corrected chi connectivity index (χ0v) is 39.9. The van der Waals surface area contributed by atoms with E-state index in [-0.39, 0.29) is 11.8 Å². The van der Waals surface area contributed by atoms with Crippen LogP contribution < -0.4 is 19.6 Å². The predicted molar refractivity (Wildman–Crippen MR) is 261 cm³/mol. The van der Waals surface area contributed by atoms with Gasteiger partial charge in [-0.25, -0.2) is 0 Å². The summed E-state index contributed by atoms with van der Waals surface area (Å²) in [6.07, 6.45) is 9.63. The first kappa shape index (κ1) is 47.7. The van der Waals surface area contributed by atoms with E-state index in [0.717, 1.165) is 26.2 Å². The summed E-state index contributed by atoms with van der Waals surface area (Å²) in [5, 5.41) is 0. The van der Waals surface area contributed by atoms with E-state index in [1.54, 1.807) is 0 Å². The van der Waals surface area contributed by atoms with E-state index in [4.69, 9.17) is 4.74 Å². The van der Waals surface area contributed by atoms with E-state index in [0.29, 0.717) is 0 Å². The van der Waals surface area contributed by atoms with Gasteiger partial charge in [-0.2, -0.15) is 0 Å². The molecule has 0 bridgehead atoms. The third-order valence-electron chi connectivity index (χ3n) is 12.4. The van der Waals surface area contributed by atoms with E-state index in [1.807, 2.05) is 0 Å². The highest BCUT2D eigenvalue weighted by atomic mass is 16.5. The largest absolute Gasteiger partial charge is 0.378 e. The summed E-state index contributed by atoms with van der Waals surface area (Å²) in [5.74, 6) is -0.00426. The lowest BCUT2D eigenvalue weighted by atomic mass is 9.74. The average Bonchev–Trinajstić information content (AvgIpc) is 3.19. The molecule has 2 atom stereocenters. The zero-order valence-electron chi connectivity index (χ0n) is 39.9. The fourth-order valence-corrected chi connectivity index (χ4v) is 9.13. The van der Waals surface area contributed by atoms with Crippen molar-refractivity contribution in [3.63, 3.8) is 0 Å². The first-order valence-corrected chi connectivity index (χ1v) is 23.0. The SMILES string of the molecule is CCCCN(CCCC)c1ccc(C(c2ccc(N(C)C)cc2)C(C)(C)OC(C)(C)C(c2ccc(N(C)C)cc2)c2ccc(N(CCCC)CCCC)cc2C)c(C)c1. The Hall–Kier alpha value is -3.96. The minimum Gasteiger partial charge on any atom is -0.378 e. The zero-order chi connectivity index (χ0) is 43.3. The maximum absolute atomic E-state index is 7.76. The summed E-state index contributed by atoms with van der Waals surface area (Å²) < 4.78 is 7.76. The fraction of sp³-hybridized carbons (Fsp3) is 0.556.